The van der Waals surface area contributed by atoms with Crippen LogP contribution in [0.1, 0.15) is 57.1 Å². The molecule has 1 aliphatic rings. The maximum absolute atomic E-state index is 2.42. The number of hydrogen-bond donors (Lipinski definition) is 0. The summed E-state index contributed by atoms with van der Waals surface area (Å²) in [5.41, 5.74) is 3.21. The molecule has 2 unspecified atom stereocenters. The van der Waals surface area contributed by atoms with E-state index in [9.17, 15) is 0 Å². The molecule has 0 spiro atoms. The van der Waals surface area contributed by atoms with Gasteiger partial charge in [0.15, 0.2) is 0 Å². The van der Waals surface area contributed by atoms with E-state index in [-0.39, 0.29) is 0 Å². The summed E-state index contributed by atoms with van der Waals surface area (Å²) >= 11 is 0. The Hall–Kier alpha value is -0.780. The zero-order chi connectivity index (χ0) is 11.5. The van der Waals surface area contributed by atoms with Crippen molar-refractivity contribution >= 4 is 0 Å². The van der Waals surface area contributed by atoms with Gasteiger partial charge in [0.05, 0.1) is 0 Å². The van der Waals surface area contributed by atoms with Crippen molar-refractivity contribution in [2.24, 2.45) is 11.8 Å². The van der Waals surface area contributed by atoms with Crippen LogP contribution in [-0.2, 0) is 6.42 Å². The van der Waals surface area contributed by atoms with Crippen molar-refractivity contribution in [2.75, 3.05) is 0 Å². The second kappa shape index (κ2) is 5.03. The van der Waals surface area contributed by atoms with Crippen LogP contribution in [0.25, 0.3) is 0 Å². The summed E-state index contributed by atoms with van der Waals surface area (Å²) in [6, 6.07) is 9.02. The van der Waals surface area contributed by atoms with E-state index in [2.05, 4.69) is 45.0 Å². The van der Waals surface area contributed by atoms with Crippen LogP contribution >= 0.6 is 0 Å². The van der Waals surface area contributed by atoms with Crippen molar-refractivity contribution in [3.05, 3.63) is 35.4 Å². The summed E-state index contributed by atoms with van der Waals surface area (Å²) < 4.78 is 0. The van der Waals surface area contributed by atoms with Gasteiger partial charge in [-0.3, -0.25) is 0 Å². The van der Waals surface area contributed by atoms with Crippen molar-refractivity contribution in [3.63, 3.8) is 0 Å². The molecule has 2 atom stereocenters. The zero-order valence-corrected chi connectivity index (χ0v) is 10.9. The van der Waals surface area contributed by atoms with Gasteiger partial charge in [0.2, 0.25) is 0 Å². The number of hydrogen-bond acceptors (Lipinski definition) is 0. The third kappa shape index (κ3) is 2.48. The van der Waals surface area contributed by atoms with E-state index in [1.807, 2.05) is 0 Å². The zero-order valence-electron chi connectivity index (χ0n) is 10.9. The minimum atomic E-state index is 0.767. The van der Waals surface area contributed by atoms with Gasteiger partial charge >= 0.3 is 0 Å². The molecule has 0 radical (unpaired) electrons. The molecule has 88 valence electrons. The van der Waals surface area contributed by atoms with Crippen molar-refractivity contribution < 1.29 is 0 Å². The van der Waals surface area contributed by atoms with Gasteiger partial charge in [0.25, 0.3) is 0 Å². The van der Waals surface area contributed by atoms with Crippen molar-refractivity contribution in [2.45, 2.75) is 52.4 Å². The van der Waals surface area contributed by atoms with Gasteiger partial charge in [-0.05, 0) is 48.1 Å². The molecule has 0 N–H and O–H groups in total. The number of aryl methyl sites for hydroxylation is 1. The van der Waals surface area contributed by atoms with Gasteiger partial charge in [-0.25, -0.2) is 0 Å². The van der Waals surface area contributed by atoms with Crippen molar-refractivity contribution in [1.29, 1.82) is 0 Å². The quantitative estimate of drug-likeness (QED) is 0.681. The minimum Gasteiger partial charge on any atom is -0.0628 e. The van der Waals surface area contributed by atoms with Crippen LogP contribution in [0.4, 0.5) is 0 Å². The third-order valence-electron chi connectivity index (χ3n) is 4.15. The number of rotatable bonds is 3. The summed E-state index contributed by atoms with van der Waals surface area (Å²) in [6.45, 7) is 7.09. The molecule has 0 saturated heterocycles. The van der Waals surface area contributed by atoms with Crippen LogP contribution in [0.2, 0.25) is 0 Å². The first-order chi connectivity index (χ1) is 7.68. The molecule has 0 fully saturated rings. The highest BCUT2D eigenvalue weighted by Gasteiger charge is 2.25. The van der Waals surface area contributed by atoms with Crippen molar-refractivity contribution in [1.82, 2.24) is 0 Å². The summed E-state index contributed by atoms with van der Waals surface area (Å²) in [5.74, 6) is 2.53. The Balaban J connectivity index is 2.06. The summed E-state index contributed by atoms with van der Waals surface area (Å²) in [6.07, 6.45) is 5.48. The van der Waals surface area contributed by atoms with Crippen LogP contribution in [0, 0.1) is 11.8 Å². The topological polar surface area (TPSA) is 0 Å². The highest BCUT2D eigenvalue weighted by atomic mass is 14.3. The minimum absolute atomic E-state index is 0.767. The molecule has 1 aliphatic carbocycles. The summed E-state index contributed by atoms with van der Waals surface area (Å²) in [5, 5.41) is 0. The third-order valence-corrected chi connectivity index (χ3v) is 4.15. The van der Waals surface area contributed by atoms with Gasteiger partial charge in [0, 0.05) is 0 Å². The maximum atomic E-state index is 2.42. The van der Waals surface area contributed by atoms with E-state index in [4.69, 9.17) is 0 Å². The molecule has 2 rings (SSSR count). The van der Waals surface area contributed by atoms with Crippen molar-refractivity contribution in [3.8, 4) is 0 Å². The second-order valence-electron chi connectivity index (χ2n) is 5.76. The molecule has 0 aliphatic heterocycles. The highest BCUT2D eigenvalue weighted by molar-refractivity contribution is 5.32. The van der Waals surface area contributed by atoms with Crippen LogP contribution in [0.3, 0.4) is 0 Å². The van der Waals surface area contributed by atoms with Gasteiger partial charge in [-0.1, -0.05) is 51.5 Å². The molecular weight excluding hydrogens is 192 g/mol. The first-order valence-electron chi connectivity index (χ1n) is 6.76. The fourth-order valence-electron chi connectivity index (χ4n) is 2.99. The Kier molecular flexibility index (Phi) is 3.68. The van der Waals surface area contributed by atoms with Crippen LogP contribution in [0.5, 0.6) is 0 Å². The summed E-state index contributed by atoms with van der Waals surface area (Å²) in [4.78, 5) is 0. The van der Waals surface area contributed by atoms with E-state index < -0.39 is 0 Å². The molecular formula is C16H24. The lowest BCUT2D eigenvalue weighted by Gasteiger charge is -2.31. The molecule has 0 nitrogen and oxygen atoms in total. The predicted octanol–water partition coefficient (Wildman–Crippen LogP) is 4.79. The fourth-order valence-corrected chi connectivity index (χ4v) is 2.99. The number of benzene rings is 1. The Bertz CT molecular complexity index is 338. The Morgan fingerprint density at radius 3 is 2.75 bits per heavy atom. The van der Waals surface area contributed by atoms with E-state index in [0.29, 0.717) is 0 Å². The van der Waals surface area contributed by atoms with Gasteiger partial charge in [-0.15, -0.1) is 0 Å². The monoisotopic (exact) mass is 216 g/mol. The average Bonchev–Trinajstić information content (AvgIpc) is 2.28. The largest absolute Gasteiger partial charge is 0.0628 e. The second-order valence-corrected chi connectivity index (χ2v) is 5.76. The molecule has 1 aromatic rings. The Morgan fingerprint density at radius 2 is 2.00 bits per heavy atom. The normalized spacial score (nSPS) is 24.5. The molecule has 0 bridgehead atoms. The van der Waals surface area contributed by atoms with Gasteiger partial charge < -0.3 is 0 Å². The smallest absolute Gasteiger partial charge is 0.0159 e. The van der Waals surface area contributed by atoms with E-state index in [0.717, 1.165) is 17.8 Å². The highest BCUT2D eigenvalue weighted by Crippen LogP contribution is 2.38. The van der Waals surface area contributed by atoms with E-state index >= 15 is 0 Å². The molecule has 1 aromatic carbocycles. The van der Waals surface area contributed by atoms with Crippen LogP contribution < -0.4 is 0 Å². The lowest BCUT2D eigenvalue weighted by atomic mass is 9.74. The predicted molar refractivity (Wildman–Crippen MR) is 70.7 cm³/mol. The molecule has 0 heterocycles. The molecule has 0 amide bonds. The van der Waals surface area contributed by atoms with Crippen LogP contribution in [-0.4, -0.2) is 0 Å². The molecule has 0 saturated carbocycles. The molecule has 16 heavy (non-hydrogen) atoms. The average molecular weight is 216 g/mol. The SMILES string of the molecule is CC(C)CCC1CCc2ccccc2C1C. The molecule has 0 aromatic heterocycles. The lowest BCUT2D eigenvalue weighted by molar-refractivity contribution is 0.337. The van der Waals surface area contributed by atoms with Crippen LogP contribution in [0.15, 0.2) is 24.3 Å². The van der Waals surface area contributed by atoms with Gasteiger partial charge in [-0.2, -0.15) is 0 Å². The Labute approximate surface area is 100 Å². The first kappa shape index (κ1) is 11.7. The fraction of sp³-hybridized carbons (Fsp3) is 0.625. The standard InChI is InChI=1S/C16H24/c1-12(2)8-9-14-10-11-15-6-4-5-7-16(15)13(14)3/h4-7,12-14H,8-11H2,1-3H3. The van der Waals surface area contributed by atoms with E-state index in [1.54, 1.807) is 11.1 Å². The lowest BCUT2D eigenvalue weighted by Crippen LogP contribution is -2.19. The number of fused-ring (bicyclic) bond motifs is 1. The van der Waals surface area contributed by atoms with Gasteiger partial charge in [0.1, 0.15) is 0 Å². The molecule has 0 heteroatoms. The summed E-state index contributed by atoms with van der Waals surface area (Å²) in [7, 11) is 0. The maximum Gasteiger partial charge on any atom is -0.0159 e. The van der Waals surface area contributed by atoms with E-state index in [1.165, 1.54) is 25.7 Å². The first-order valence-corrected chi connectivity index (χ1v) is 6.76. The Morgan fingerprint density at radius 1 is 1.25 bits per heavy atom.